The molecule has 0 saturated heterocycles. The third-order valence-corrected chi connectivity index (χ3v) is 6.62. The average Bonchev–Trinajstić information content (AvgIpc) is 2.90. The first-order chi connectivity index (χ1) is 17.7. The van der Waals surface area contributed by atoms with Gasteiger partial charge in [-0.25, -0.2) is 4.99 Å². The molecule has 0 aromatic heterocycles. The van der Waals surface area contributed by atoms with Crippen molar-refractivity contribution in [3.8, 4) is 17.2 Å². The van der Waals surface area contributed by atoms with E-state index in [0.717, 1.165) is 30.0 Å². The van der Waals surface area contributed by atoms with Crippen LogP contribution in [0.4, 0.5) is 11.4 Å². The summed E-state index contributed by atoms with van der Waals surface area (Å²) >= 11 is 6.38. The van der Waals surface area contributed by atoms with Crippen molar-refractivity contribution >= 4 is 40.4 Å². The number of hydrogen-bond acceptors (Lipinski definition) is 7. The Hall–Kier alpha value is -3.78. The molecular weight excluding hydrogens is 506 g/mol. The second kappa shape index (κ2) is 13.1. The molecule has 0 radical (unpaired) electrons. The summed E-state index contributed by atoms with van der Waals surface area (Å²) < 4.78 is 16.0. The second-order valence-electron chi connectivity index (χ2n) is 8.33. The van der Waals surface area contributed by atoms with Gasteiger partial charge in [-0.05, 0) is 75.2 Å². The molecule has 0 fully saturated rings. The first-order valence-corrected chi connectivity index (χ1v) is 12.2. The normalized spacial score (nSPS) is 14.1. The van der Waals surface area contributed by atoms with Crippen LogP contribution in [-0.4, -0.2) is 51.8 Å². The molecule has 0 aliphatic heterocycles. The van der Waals surface area contributed by atoms with Gasteiger partial charge >= 0.3 is 0 Å². The first kappa shape index (κ1) is 30.4. The lowest BCUT2D eigenvalue weighted by Crippen LogP contribution is -2.31. The van der Waals surface area contributed by atoms with E-state index in [4.69, 9.17) is 30.8 Å². The molecule has 0 saturated carbocycles. The predicted molar refractivity (Wildman–Crippen MR) is 154 cm³/mol. The molecule has 38 heavy (non-hydrogen) atoms. The van der Waals surface area contributed by atoms with Crippen LogP contribution in [0.1, 0.15) is 44.1 Å². The number of ketones is 1. The van der Waals surface area contributed by atoms with Gasteiger partial charge in [-0.3, -0.25) is 9.59 Å². The van der Waals surface area contributed by atoms with Gasteiger partial charge < -0.3 is 24.4 Å². The lowest BCUT2D eigenvalue weighted by atomic mass is 10.0. The van der Waals surface area contributed by atoms with Crippen molar-refractivity contribution in [3.63, 3.8) is 0 Å². The molecule has 0 heterocycles. The van der Waals surface area contributed by atoms with Gasteiger partial charge in [-0.1, -0.05) is 19.0 Å². The number of rotatable bonds is 9. The molecule has 9 heteroatoms. The van der Waals surface area contributed by atoms with E-state index in [1.807, 2.05) is 19.1 Å². The molecule has 1 aliphatic rings. The van der Waals surface area contributed by atoms with Crippen LogP contribution in [0.5, 0.6) is 17.2 Å². The smallest absolute Gasteiger partial charge is 0.256 e. The average molecular weight is 542 g/mol. The molecule has 1 amide bonds. The fourth-order valence-corrected chi connectivity index (χ4v) is 4.21. The Bertz CT molecular complexity index is 1280. The molecule has 0 atom stereocenters. The van der Waals surface area contributed by atoms with Crippen LogP contribution in [-0.2, 0) is 4.79 Å². The summed E-state index contributed by atoms with van der Waals surface area (Å²) in [6, 6.07) is 9.05. The van der Waals surface area contributed by atoms with Crippen LogP contribution in [0.3, 0.4) is 0 Å². The molecule has 0 unspecified atom stereocenters. The molecule has 1 aliphatic carbocycles. The van der Waals surface area contributed by atoms with Crippen molar-refractivity contribution < 1.29 is 23.8 Å². The topological polar surface area (TPSA) is 89.5 Å². The van der Waals surface area contributed by atoms with Crippen LogP contribution in [0.25, 0.3) is 0 Å². The Morgan fingerprint density at radius 2 is 1.61 bits per heavy atom. The number of aryl methyl sites for hydroxylation is 1. The lowest BCUT2D eigenvalue weighted by Gasteiger charge is -2.22. The van der Waals surface area contributed by atoms with Gasteiger partial charge in [-0.2, -0.15) is 0 Å². The minimum atomic E-state index is -0.540. The van der Waals surface area contributed by atoms with Gasteiger partial charge in [0.15, 0.2) is 11.5 Å². The Morgan fingerprint density at radius 1 is 1.00 bits per heavy atom. The molecule has 2 aromatic carbocycles. The van der Waals surface area contributed by atoms with Gasteiger partial charge in [-0.15, -0.1) is 0 Å². The number of benzene rings is 2. The van der Waals surface area contributed by atoms with Crippen molar-refractivity contribution in [2.75, 3.05) is 39.3 Å². The number of methoxy groups -OCH3 is 3. The number of halogens is 1. The minimum Gasteiger partial charge on any atom is -0.493 e. The van der Waals surface area contributed by atoms with Crippen molar-refractivity contribution in [3.05, 3.63) is 63.8 Å². The summed E-state index contributed by atoms with van der Waals surface area (Å²) in [5.41, 5.74) is 4.10. The van der Waals surface area contributed by atoms with Crippen LogP contribution in [0, 0.1) is 6.92 Å². The lowest BCUT2D eigenvalue weighted by molar-refractivity contribution is -0.112. The summed E-state index contributed by atoms with van der Waals surface area (Å²) in [4.78, 5) is 33.0. The minimum absolute atomic E-state index is 0. The number of allylic oxidation sites excluding steroid dienone is 3. The molecule has 0 spiro atoms. The van der Waals surface area contributed by atoms with Gasteiger partial charge in [0.2, 0.25) is 11.5 Å². The monoisotopic (exact) mass is 541 g/mol. The summed E-state index contributed by atoms with van der Waals surface area (Å²) in [6.07, 6.45) is 1.54. The van der Waals surface area contributed by atoms with Crippen molar-refractivity contribution in [2.45, 2.75) is 35.1 Å². The molecule has 2 aromatic rings. The van der Waals surface area contributed by atoms with E-state index >= 15 is 0 Å². The highest BCUT2D eigenvalue weighted by atomic mass is 35.5. The summed E-state index contributed by atoms with van der Waals surface area (Å²) in [5, 5.41) is 2.66. The number of ether oxygens (including phenoxy) is 3. The number of anilines is 1. The zero-order valence-electron chi connectivity index (χ0n) is 22.2. The van der Waals surface area contributed by atoms with E-state index in [2.05, 4.69) is 30.1 Å². The Labute approximate surface area is 229 Å². The number of amides is 1. The number of nitrogens with one attached hydrogen (secondary N) is 1. The van der Waals surface area contributed by atoms with Gasteiger partial charge in [0.25, 0.3) is 5.91 Å². The summed E-state index contributed by atoms with van der Waals surface area (Å²) in [6.45, 7) is 9.74. The zero-order valence-corrected chi connectivity index (χ0v) is 22.9. The summed E-state index contributed by atoms with van der Waals surface area (Å²) in [5.74, 6) is -0.0476. The Balaban J connectivity index is 0.00000507. The van der Waals surface area contributed by atoms with Gasteiger partial charge in [0.1, 0.15) is 0 Å². The van der Waals surface area contributed by atoms with Crippen molar-refractivity contribution in [1.82, 2.24) is 5.32 Å². The number of carbonyl (C=O) groups excluding carboxylic acids is 2. The third kappa shape index (κ3) is 6.19. The van der Waals surface area contributed by atoms with E-state index in [-0.39, 0.29) is 23.7 Å². The predicted octanol–water partition coefficient (Wildman–Crippen LogP) is 5.99. The number of hydrogen-bond donors (Lipinski definition) is 1. The van der Waals surface area contributed by atoms with Crippen molar-refractivity contribution in [1.29, 1.82) is 0 Å². The molecule has 8 nitrogen and oxygen atoms in total. The van der Waals surface area contributed by atoms with E-state index in [1.165, 1.54) is 39.5 Å². The standard InChI is InChI=1S/C28H32ClN3O5.CH4/c1-8-32(9-2)19-10-11-20(16(3)12-19)30-21-15-22(26(33)25(29)17(21)4)31-28(34)18-13-23(35-5)27(37-7)24(14-18)36-6;/h10-15H,8-9H2,1-7H3,(H,31,34);1H4. The van der Waals surface area contributed by atoms with Crippen LogP contribution >= 0.6 is 11.6 Å². The molecular formula is C29H36ClN3O5. The molecule has 204 valence electrons. The van der Waals surface area contributed by atoms with Crippen LogP contribution < -0.4 is 24.4 Å². The number of nitrogens with zero attached hydrogens (tertiary/aromatic N) is 2. The SMILES string of the molecule is C.CCN(CC)c1ccc(N=C2C=C(NC(=O)c3cc(OC)c(OC)c(OC)c3)C(=O)C(Cl)=C2C)c(C)c1. The Morgan fingerprint density at radius 3 is 2.11 bits per heavy atom. The molecule has 3 rings (SSSR count). The maximum absolute atomic E-state index is 13.1. The van der Waals surface area contributed by atoms with Crippen molar-refractivity contribution in [2.24, 2.45) is 4.99 Å². The molecule has 1 N–H and O–H groups in total. The largest absolute Gasteiger partial charge is 0.493 e. The first-order valence-electron chi connectivity index (χ1n) is 11.9. The third-order valence-electron chi connectivity index (χ3n) is 6.16. The number of aliphatic imine (C=N–C) groups is 1. The van der Waals surface area contributed by atoms with E-state index in [0.29, 0.717) is 28.5 Å². The highest BCUT2D eigenvalue weighted by molar-refractivity contribution is 6.49. The van der Waals surface area contributed by atoms with Gasteiger partial charge in [0, 0.05) is 24.3 Å². The number of carbonyl (C=O) groups is 2. The summed E-state index contributed by atoms with van der Waals surface area (Å²) in [7, 11) is 4.39. The zero-order chi connectivity index (χ0) is 27.3. The van der Waals surface area contributed by atoms with E-state index < -0.39 is 11.7 Å². The van der Waals surface area contributed by atoms with Crippen LogP contribution in [0.2, 0.25) is 0 Å². The quantitative estimate of drug-likeness (QED) is 0.392. The highest BCUT2D eigenvalue weighted by Crippen LogP contribution is 2.38. The van der Waals surface area contributed by atoms with E-state index in [1.54, 1.807) is 6.92 Å². The second-order valence-corrected chi connectivity index (χ2v) is 8.71. The van der Waals surface area contributed by atoms with Gasteiger partial charge in [0.05, 0.1) is 43.5 Å². The highest BCUT2D eigenvalue weighted by Gasteiger charge is 2.26. The molecule has 0 bridgehead atoms. The fourth-order valence-electron chi connectivity index (χ4n) is 4.01. The van der Waals surface area contributed by atoms with E-state index in [9.17, 15) is 9.59 Å². The fraction of sp³-hybridized carbons (Fsp3) is 0.345. The number of Topliss-reactive ketones (excluding diaryl/α,β-unsaturated/α-hetero) is 1. The maximum Gasteiger partial charge on any atom is 0.256 e. The van der Waals surface area contributed by atoms with Crippen LogP contribution in [0.15, 0.2) is 57.7 Å². The Kier molecular flexibility index (Phi) is 10.5. The maximum atomic E-state index is 13.1.